The van der Waals surface area contributed by atoms with Gasteiger partial charge >= 0.3 is 0 Å². The van der Waals surface area contributed by atoms with E-state index in [4.69, 9.17) is 4.74 Å². The minimum atomic E-state index is -3.83. The lowest BCUT2D eigenvalue weighted by Gasteiger charge is -2.20. The van der Waals surface area contributed by atoms with Gasteiger partial charge in [-0.1, -0.05) is 36.5 Å². The zero-order chi connectivity index (χ0) is 21.3. The Kier molecular flexibility index (Phi) is 5.44. The van der Waals surface area contributed by atoms with Crippen LogP contribution in [0.5, 0.6) is 5.75 Å². The maximum absolute atomic E-state index is 13.3. The monoisotopic (exact) mass is 444 g/mol. The number of benzene rings is 2. The maximum Gasteiger partial charge on any atom is 0.264 e. The first-order valence-corrected chi connectivity index (χ1v) is 11.6. The van der Waals surface area contributed by atoms with E-state index < -0.39 is 15.9 Å². The Labute approximate surface area is 178 Å². The Hall–Kier alpha value is -2.98. The van der Waals surface area contributed by atoms with Crippen LogP contribution in [0, 0.1) is 0 Å². The van der Waals surface area contributed by atoms with Crippen LogP contribution in [0.25, 0.3) is 0 Å². The van der Waals surface area contributed by atoms with Gasteiger partial charge < -0.3 is 4.74 Å². The molecule has 0 fully saturated rings. The van der Waals surface area contributed by atoms with E-state index in [1.54, 1.807) is 6.07 Å². The van der Waals surface area contributed by atoms with Crippen molar-refractivity contribution in [1.82, 2.24) is 10.2 Å². The van der Waals surface area contributed by atoms with Gasteiger partial charge in [-0.15, -0.1) is 10.2 Å². The number of hydrogen-bond donors (Lipinski definition) is 1. The van der Waals surface area contributed by atoms with E-state index in [-0.39, 0.29) is 16.2 Å². The van der Waals surface area contributed by atoms with Gasteiger partial charge in [-0.3, -0.25) is 14.4 Å². The van der Waals surface area contributed by atoms with Gasteiger partial charge in [-0.05, 0) is 42.7 Å². The van der Waals surface area contributed by atoms with Crippen LogP contribution in [0.4, 0.5) is 10.8 Å². The number of ether oxygens (including phenoxy) is 1. The molecule has 1 aliphatic heterocycles. The summed E-state index contributed by atoms with van der Waals surface area (Å²) in [5.41, 5.74) is 1.76. The third-order valence-corrected chi connectivity index (χ3v) is 7.63. The molecule has 0 spiro atoms. The third kappa shape index (κ3) is 3.63. The van der Waals surface area contributed by atoms with E-state index in [2.05, 4.69) is 15.5 Å². The molecule has 1 aromatic heterocycles. The van der Waals surface area contributed by atoms with Crippen molar-refractivity contribution in [1.29, 1.82) is 0 Å². The van der Waals surface area contributed by atoms with Gasteiger partial charge in [0.1, 0.15) is 10.8 Å². The lowest BCUT2D eigenvalue weighted by atomic mass is 10.2. The second-order valence-electron chi connectivity index (χ2n) is 6.63. The number of sulfonamides is 1. The Morgan fingerprint density at radius 2 is 2.03 bits per heavy atom. The van der Waals surface area contributed by atoms with E-state index in [0.29, 0.717) is 30.2 Å². The number of anilines is 2. The molecule has 4 rings (SSSR count). The van der Waals surface area contributed by atoms with Gasteiger partial charge in [0.05, 0.1) is 23.3 Å². The lowest BCUT2D eigenvalue weighted by molar-refractivity contribution is 0.102. The number of para-hydroxylation sites is 1. The first-order valence-electron chi connectivity index (χ1n) is 9.36. The van der Waals surface area contributed by atoms with Crippen LogP contribution in [0.1, 0.15) is 27.9 Å². The number of carbonyl (C=O) groups is 1. The number of nitrogens with zero attached hydrogens (tertiary/aromatic N) is 3. The number of methoxy groups -OCH3 is 1. The molecule has 0 saturated carbocycles. The fourth-order valence-electron chi connectivity index (χ4n) is 3.32. The van der Waals surface area contributed by atoms with E-state index in [0.717, 1.165) is 10.6 Å². The number of hydrogen-bond acceptors (Lipinski definition) is 7. The lowest BCUT2D eigenvalue weighted by Crippen LogP contribution is -2.29. The summed E-state index contributed by atoms with van der Waals surface area (Å²) in [5, 5.41) is 11.7. The van der Waals surface area contributed by atoms with E-state index in [1.807, 2.05) is 25.1 Å². The molecule has 0 bridgehead atoms. The van der Waals surface area contributed by atoms with E-state index in [1.165, 1.54) is 41.0 Å². The van der Waals surface area contributed by atoms with Crippen LogP contribution in [-0.4, -0.2) is 38.2 Å². The first kappa shape index (κ1) is 20.3. The van der Waals surface area contributed by atoms with Gasteiger partial charge in [0.2, 0.25) is 5.13 Å². The van der Waals surface area contributed by atoms with Gasteiger partial charge in [0.15, 0.2) is 0 Å². The minimum absolute atomic E-state index is 0.0247. The van der Waals surface area contributed by atoms with Crippen LogP contribution in [-0.2, 0) is 22.9 Å². The van der Waals surface area contributed by atoms with E-state index >= 15 is 0 Å². The Morgan fingerprint density at radius 3 is 2.77 bits per heavy atom. The predicted molar refractivity (Wildman–Crippen MR) is 115 cm³/mol. The van der Waals surface area contributed by atoms with Crippen LogP contribution in [0.2, 0.25) is 0 Å². The molecule has 2 aromatic carbocycles. The van der Waals surface area contributed by atoms with Crippen LogP contribution in [0.15, 0.2) is 47.4 Å². The summed E-state index contributed by atoms with van der Waals surface area (Å²) in [6, 6.07) is 11.7. The van der Waals surface area contributed by atoms with Crippen molar-refractivity contribution < 1.29 is 17.9 Å². The van der Waals surface area contributed by atoms with Crippen molar-refractivity contribution in [2.45, 2.75) is 24.7 Å². The van der Waals surface area contributed by atoms with Crippen molar-refractivity contribution in [2.75, 3.05) is 23.3 Å². The topological polar surface area (TPSA) is 101 Å². The standard InChI is InChI=1S/C20H20N4O4S2/c1-3-18-22-23-20(29-18)21-19(25)15-12-14(8-9-17(15)28-2)30(26,27)24-11-10-13-6-4-5-7-16(13)24/h4-9,12H,3,10-11H2,1-2H3,(H,21,23,25). The Morgan fingerprint density at radius 1 is 1.23 bits per heavy atom. The molecule has 30 heavy (non-hydrogen) atoms. The number of aryl methyl sites for hydroxylation is 1. The average molecular weight is 445 g/mol. The molecular weight excluding hydrogens is 424 g/mol. The molecule has 0 atom stereocenters. The second kappa shape index (κ2) is 8.04. The maximum atomic E-state index is 13.3. The Bertz CT molecular complexity index is 1210. The van der Waals surface area contributed by atoms with Crippen molar-refractivity contribution in [3.05, 3.63) is 58.6 Å². The van der Waals surface area contributed by atoms with Crippen molar-refractivity contribution in [2.24, 2.45) is 0 Å². The van der Waals surface area contributed by atoms with Crippen molar-refractivity contribution >= 4 is 38.1 Å². The summed E-state index contributed by atoms with van der Waals surface area (Å²) in [7, 11) is -2.41. The summed E-state index contributed by atoms with van der Waals surface area (Å²) in [6.07, 6.45) is 1.36. The molecule has 0 aliphatic carbocycles. The highest BCUT2D eigenvalue weighted by atomic mass is 32.2. The molecule has 1 aliphatic rings. The normalized spacial score (nSPS) is 13.2. The zero-order valence-electron chi connectivity index (χ0n) is 16.5. The summed E-state index contributed by atoms with van der Waals surface area (Å²) >= 11 is 1.27. The quantitative estimate of drug-likeness (QED) is 0.627. The van der Waals surface area contributed by atoms with Crippen LogP contribution < -0.4 is 14.4 Å². The van der Waals surface area contributed by atoms with Gasteiger partial charge in [0.25, 0.3) is 15.9 Å². The largest absolute Gasteiger partial charge is 0.496 e. The molecule has 2 heterocycles. The zero-order valence-corrected chi connectivity index (χ0v) is 18.1. The predicted octanol–water partition coefficient (Wildman–Crippen LogP) is 3.11. The molecule has 3 aromatic rings. The fourth-order valence-corrected chi connectivity index (χ4v) is 5.53. The molecular formula is C20H20N4O4S2. The van der Waals surface area contributed by atoms with Gasteiger partial charge in [0, 0.05) is 6.54 Å². The second-order valence-corrected chi connectivity index (χ2v) is 9.55. The summed E-state index contributed by atoms with van der Waals surface area (Å²) in [4.78, 5) is 12.9. The Balaban J connectivity index is 1.68. The number of amides is 1. The summed E-state index contributed by atoms with van der Waals surface area (Å²) < 4.78 is 33.3. The number of aromatic nitrogens is 2. The third-order valence-electron chi connectivity index (χ3n) is 4.84. The van der Waals surface area contributed by atoms with Crippen molar-refractivity contribution in [3.63, 3.8) is 0 Å². The molecule has 8 nitrogen and oxygen atoms in total. The molecule has 10 heteroatoms. The highest BCUT2D eigenvalue weighted by molar-refractivity contribution is 7.92. The highest BCUT2D eigenvalue weighted by Gasteiger charge is 2.31. The number of nitrogens with one attached hydrogen (secondary N) is 1. The van der Waals surface area contributed by atoms with Crippen LogP contribution >= 0.6 is 11.3 Å². The summed E-state index contributed by atoms with van der Waals surface area (Å²) in [6.45, 7) is 2.31. The van der Waals surface area contributed by atoms with Gasteiger partial charge in [-0.2, -0.15) is 0 Å². The number of rotatable bonds is 6. The fraction of sp³-hybridized carbons (Fsp3) is 0.250. The van der Waals surface area contributed by atoms with Crippen molar-refractivity contribution in [3.8, 4) is 5.75 Å². The molecule has 0 saturated heterocycles. The van der Waals surface area contributed by atoms with Gasteiger partial charge in [-0.25, -0.2) is 8.42 Å². The average Bonchev–Trinajstić information content (AvgIpc) is 3.40. The SMILES string of the molecule is CCc1nnc(NC(=O)c2cc(S(=O)(=O)N3CCc4ccccc43)ccc2OC)s1. The van der Waals surface area contributed by atoms with E-state index in [9.17, 15) is 13.2 Å². The first-order chi connectivity index (χ1) is 14.4. The molecule has 156 valence electrons. The minimum Gasteiger partial charge on any atom is -0.496 e. The summed E-state index contributed by atoms with van der Waals surface area (Å²) in [5.74, 6) is -0.238. The highest BCUT2D eigenvalue weighted by Crippen LogP contribution is 2.34. The molecule has 1 N–H and O–H groups in total. The molecule has 0 unspecified atom stereocenters. The van der Waals surface area contributed by atoms with Crippen LogP contribution in [0.3, 0.4) is 0 Å². The number of fused-ring (bicyclic) bond motifs is 1. The number of carbonyl (C=O) groups excluding carboxylic acids is 1. The molecule has 1 amide bonds. The molecule has 0 radical (unpaired) electrons. The smallest absolute Gasteiger partial charge is 0.264 e.